The number of hydrogen-bond acceptors (Lipinski definition) is 4. The Morgan fingerprint density at radius 3 is 2.73 bits per heavy atom. The molecule has 0 aliphatic carbocycles. The van der Waals surface area contributed by atoms with Crippen LogP contribution in [0.5, 0.6) is 0 Å². The van der Waals surface area contributed by atoms with Gasteiger partial charge in [-0.25, -0.2) is 9.37 Å². The summed E-state index contributed by atoms with van der Waals surface area (Å²) in [6, 6.07) is 10.1. The summed E-state index contributed by atoms with van der Waals surface area (Å²) < 4.78 is 14.1. The Morgan fingerprint density at radius 2 is 2.00 bits per heavy atom. The van der Waals surface area contributed by atoms with Gasteiger partial charge >= 0.3 is 0 Å². The average Bonchev–Trinajstić information content (AvgIpc) is 2.61. The van der Waals surface area contributed by atoms with E-state index in [1.165, 1.54) is 13.0 Å². The summed E-state index contributed by atoms with van der Waals surface area (Å²) >= 11 is 0. The minimum atomic E-state index is -0.523. The number of rotatable bonds is 4. The molecule has 1 aliphatic heterocycles. The van der Waals surface area contributed by atoms with Crippen LogP contribution in [-0.4, -0.2) is 29.8 Å². The molecular formula is C20H22FN3O2. The molecule has 1 saturated heterocycles. The summed E-state index contributed by atoms with van der Waals surface area (Å²) in [7, 11) is 0. The minimum absolute atomic E-state index is 0.0916. The number of pyridine rings is 1. The summed E-state index contributed by atoms with van der Waals surface area (Å²) in [5.41, 5.74) is 1.48. The summed E-state index contributed by atoms with van der Waals surface area (Å²) in [5, 5.41) is 2.86. The predicted octanol–water partition coefficient (Wildman–Crippen LogP) is 3.59. The third-order valence-corrected chi connectivity index (χ3v) is 4.62. The lowest BCUT2D eigenvalue weighted by Gasteiger charge is -2.34. The van der Waals surface area contributed by atoms with E-state index in [0.717, 1.165) is 18.5 Å². The Kier molecular flexibility index (Phi) is 5.30. The van der Waals surface area contributed by atoms with Gasteiger partial charge in [0.15, 0.2) is 5.78 Å². The molecule has 136 valence electrons. The quantitative estimate of drug-likeness (QED) is 0.852. The highest BCUT2D eigenvalue weighted by Crippen LogP contribution is 2.29. The number of piperidine rings is 1. The molecule has 0 radical (unpaired) electrons. The van der Waals surface area contributed by atoms with Gasteiger partial charge in [-0.15, -0.1) is 0 Å². The zero-order valence-electron chi connectivity index (χ0n) is 15.0. The summed E-state index contributed by atoms with van der Waals surface area (Å²) in [6.45, 7) is 4.36. The van der Waals surface area contributed by atoms with Crippen molar-refractivity contribution in [1.82, 2.24) is 4.98 Å². The zero-order valence-corrected chi connectivity index (χ0v) is 15.0. The van der Waals surface area contributed by atoms with E-state index < -0.39 is 5.82 Å². The number of carbonyl (C=O) groups excluding carboxylic acids is 2. The number of benzene rings is 1. The van der Waals surface area contributed by atoms with Crippen molar-refractivity contribution >= 4 is 23.2 Å². The van der Waals surface area contributed by atoms with E-state index in [4.69, 9.17) is 0 Å². The van der Waals surface area contributed by atoms with Crippen LogP contribution in [0.15, 0.2) is 36.4 Å². The number of aryl methyl sites for hydroxylation is 1. The van der Waals surface area contributed by atoms with Gasteiger partial charge in [0, 0.05) is 18.8 Å². The van der Waals surface area contributed by atoms with Crippen LogP contribution >= 0.6 is 0 Å². The molecule has 1 aliphatic rings. The number of anilines is 2. The van der Waals surface area contributed by atoms with Gasteiger partial charge in [0.1, 0.15) is 11.6 Å². The molecule has 0 spiro atoms. The maximum Gasteiger partial charge on any atom is 0.230 e. The maximum absolute atomic E-state index is 14.1. The van der Waals surface area contributed by atoms with Gasteiger partial charge in [-0.05, 0) is 51.0 Å². The molecular weight excluding hydrogens is 333 g/mol. The van der Waals surface area contributed by atoms with Crippen molar-refractivity contribution in [2.24, 2.45) is 5.92 Å². The second-order valence-electron chi connectivity index (χ2n) is 6.63. The van der Waals surface area contributed by atoms with Crippen molar-refractivity contribution in [3.05, 3.63) is 53.5 Å². The van der Waals surface area contributed by atoms with Crippen LogP contribution in [0.1, 0.15) is 35.8 Å². The number of aromatic nitrogens is 1. The van der Waals surface area contributed by atoms with E-state index in [2.05, 4.69) is 10.3 Å². The maximum atomic E-state index is 14.1. The molecule has 1 aromatic heterocycles. The SMILES string of the molecule is CC(=O)c1c(F)cccc1N1CCCC(C(=O)Nc2cccc(C)n2)C1. The molecule has 2 aromatic rings. The van der Waals surface area contributed by atoms with Gasteiger partial charge in [-0.2, -0.15) is 0 Å². The number of nitrogens with zero attached hydrogens (tertiary/aromatic N) is 2. The van der Waals surface area contributed by atoms with E-state index in [-0.39, 0.29) is 23.2 Å². The highest BCUT2D eigenvalue weighted by Gasteiger charge is 2.28. The van der Waals surface area contributed by atoms with Crippen molar-refractivity contribution < 1.29 is 14.0 Å². The molecule has 1 fully saturated rings. The van der Waals surface area contributed by atoms with Gasteiger partial charge < -0.3 is 10.2 Å². The number of ketones is 1. The molecule has 1 atom stereocenters. The summed E-state index contributed by atoms with van der Waals surface area (Å²) in [4.78, 5) is 30.7. The number of halogens is 1. The van der Waals surface area contributed by atoms with Crippen molar-refractivity contribution in [3.63, 3.8) is 0 Å². The van der Waals surface area contributed by atoms with E-state index in [9.17, 15) is 14.0 Å². The van der Waals surface area contributed by atoms with Crippen molar-refractivity contribution in [2.45, 2.75) is 26.7 Å². The standard InChI is InChI=1S/C20H22FN3O2/c1-13-6-3-10-18(22-13)23-20(26)15-7-5-11-24(12-15)17-9-4-8-16(21)19(17)14(2)25/h3-4,6,8-10,15H,5,7,11-12H2,1-2H3,(H,22,23,26). The fourth-order valence-corrected chi connectivity index (χ4v) is 3.38. The largest absolute Gasteiger partial charge is 0.370 e. The molecule has 2 heterocycles. The monoisotopic (exact) mass is 355 g/mol. The normalized spacial score (nSPS) is 17.0. The highest BCUT2D eigenvalue weighted by atomic mass is 19.1. The van der Waals surface area contributed by atoms with Crippen molar-refractivity contribution in [3.8, 4) is 0 Å². The number of carbonyl (C=O) groups is 2. The lowest BCUT2D eigenvalue weighted by atomic mass is 9.95. The first-order chi connectivity index (χ1) is 12.5. The Balaban J connectivity index is 1.77. The lowest BCUT2D eigenvalue weighted by Crippen LogP contribution is -2.41. The first-order valence-corrected chi connectivity index (χ1v) is 8.74. The molecule has 5 nitrogen and oxygen atoms in total. The van der Waals surface area contributed by atoms with Crippen LogP contribution in [0.4, 0.5) is 15.9 Å². The van der Waals surface area contributed by atoms with Crippen LogP contribution in [0.3, 0.4) is 0 Å². The Hall–Kier alpha value is -2.76. The molecule has 1 unspecified atom stereocenters. The first kappa shape index (κ1) is 18.0. The predicted molar refractivity (Wildman–Crippen MR) is 98.9 cm³/mol. The average molecular weight is 355 g/mol. The van der Waals surface area contributed by atoms with E-state index in [0.29, 0.717) is 24.6 Å². The Morgan fingerprint density at radius 1 is 1.23 bits per heavy atom. The summed E-state index contributed by atoms with van der Waals surface area (Å²) in [5.74, 6) is -0.649. The van der Waals surface area contributed by atoms with Crippen LogP contribution in [0.25, 0.3) is 0 Å². The van der Waals surface area contributed by atoms with Gasteiger partial charge in [0.25, 0.3) is 0 Å². The van der Waals surface area contributed by atoms with E-state index in [1.54, 1.807) is 18.2 Å². The van der Waals surface area contributed by atoms with Gasteiger partial charge in [-0.3, -0.25) is 9.59 Å². The molecule has 26 heavy (non-hydrogen) atoms. The molecule has 0 saturated carbocycles. The van der Waals surface area contributed by atoms with Gasteiger partial charge in [0.05, 0.1) is 17.2 Å². The third-order valence-electron chi connectivity index (χ3n) is 4.62. The van der Waals surface area contributed by atoms with Gasteiger partial charge in [0.2, 0.25) is 5.91 Å². The number of amides is 1. The van der Waals surface area contributed by atoms with Crippen LogP contribution in [0, 0.1) is 18.7 Å². The zero-order chi connectivity index (χ0) is 18.7. The first-order valence-electron chi connectivity index (χ1n) is 8.74. The number of hydrogen-bond donors (Lipinski definition) is 1. The molecule has 1 aromatic carbocycles. The fourth-order valence-electron chi connectivity index (χ4n) is 3.38. The van der Waals surface area contributed by atoms with Crippen LogP contribution < -0.4 is 10.2 Å². The lowest BCUT2D eigenvalue weighted by molar-refractivity contribution is -0.120. The second-order valence-corrected chi connectivity index (χ2v) is 6.63. The number of Topliss-reactive ketones (excluding diaryl/α,β-unsaturated/α-hetero) is 1. The van der Waals surface area contributed by atoms with Crippen LogP contribution in [0.2, 0.25) is 0 Å². The molecule has 3 rings (SSSR count). The molecule has 1 N–H and O–H groups in total. The topological polar surface area (TPSA) is 62.3 Å². The highest BCUT2D eigenvalue weighted by molar-refractivity contribution is 6.00. The Labute approximate surface area is 152 Å². The smallest absolute Gasteiger partial charge is 0.230 e. The van der Waals surface area contributed by atoms with E-state index in [1.807, 2.05) is 24.0 Å². The van der Waals surface area contributed by atoms with E-state index >= 15 is 0 Å². The molecule has 0 bridgehead atoms. The Bertz CT molecular complexity index is 838. The molecule has 1 amide bonds. The van der Waals surface area contributed by atoms with Gasteiger partial charge in [-0.1, -0.05) is 12.1 Å². The van der Waals surface area contributed by atoms with Crippen LogP contribution in [-0.2, 0) is 4.79 Å². The second kappa shape index (κ2) is 7.64. The molecule has 6 heteroatoms. The third kappa shape index (κ3) is 3.90. The minimum Gasteiger partial charge on any atom is -0.370 e. The number of nitrogens with one attached hydrogen (secondary N) is 1. The summed E-state index contributed by atoms with van der Waals surface area (Å²) in [6.07, 6.45) is 1.55. The fraction of sp³-hybridized carbons (Fsp3) is 0.350. The van der Waals surface area contributed by atoms with Crippen molar-refractivity contribution in [1.29, 1.82) is 0 Å². The van der Waals surface area contributed by atoms with Crippen molar-refractivity contribution in [2.75, 3.05) is 23.3 Å².